The van der Waals surface area contributed by atoms with Crippen LogP contribution in [-0.2, 0) is 9.53 Å². The van der Waals surface area contributed by atoms with Crippen molar-refractivity contribution in [1.82, 2.24) is 10.2 Å². The Bertz CT molecular complexity index is 672. The molecule has 2 aromatic rings. The van der Waals surface area contributed by atoms with E-state index >= 15 is 0 Å². The summed E-state index contributed by atoms with van der Waals surface area (Å²) in [6, 6.07) is 6.11. The molecule has 2 heterocycles. The molecular weight excluding hydrogens is 306 g/mol. The van der Waals surface area contributed by atoms with Crippen molar-refractivity contribution in [3.63, 3.8) is 0 Å². The Morgan fingerprint density at radius 3 is 3.00 bits per heavy atom. The maximum atomic E-state index is 11.5. The van der Waals surface area contributed by atoms with Crippen LogP contribution in [0.2, 0.25) is 0 Å². The minimum absolute atomic E-state index is 0.147. The fraction of sp³-hybridized carbons (Fsp3) is 0.357. The number of rotatable bonds is 4. The van der Waals surface area contributed by atoms with E-state index in [0.29, 0.717) is 6.61 Å². The Kier molecular flexibility index (Phi) is 4.12. The van der Waals surface area contributed by atoms with E-state index in [2.05, 4.69) is 35.4 Å². The van der Waals surface area contributed by atoms with Gasteiger partial charge in [0.15, 0.2) is 4.34 Å². The molecule has 1 aromatic carbocycles. The molecule has 0 amide bonds. The van der Waals surface area contributed by atoms with Crippen molar-refractivity contribution >= 4 is 39.9 Å². The predicted octanol–water partition coefficient (Wildman–Crippen LogP) is 3.31. The molecule has 7 heteroatoms. The van der Waals surface area contributed by atoms with Crippen LogP contribution in [0.15, 0.2) is 22.5 Å². The van der Waals surface area contributed by atoms with Gasteiger partial charge in [-0.05, 0) is 31.0 Å². The van der Waals surface area contributed by atoms with Crippen LogP contribution in [0.25, 0.3) is 0 Å². The summed E-state index contributed by atoms with van der Waals surface area (Å²) in [5.74, 6) is -0.153. The summed E-state index contributed by atoms with van der Waals surface area (Å²) in [4.78, 5) is 11.5. The minimum Gasteiger partial charge on any atom is -0.465 e. The van der Waals surface area contributed by atoms with E-state index in [1.807, 2.05) is 12.1 Å². The predicted molar refractivity (Wildman–Crippen MR) is 84.3 cm³/mol. The zero-order valence-corrected chi connectivity index (χ0v) is 13.4. The van der Waals surface area contributed by atoms with Crippen molar-refractivity contribution in [2.24, 2.45) is 0 Å². The van der Waals surface area contributed by atoms with Crippen LogP contribution in [0, 0.1) is 13.8 Å². The molecule has 1 saturated heterocycles. The van der Waals surface area contributed by atoms with Crippen molar-refractivity contribution in [2.45, 2.75) is 29.9 Å². The number of cyclic esters (lactones) is 1. The number of hydrogen-bond donors (Lipinski definition) is 1. The third kappa shape index (κ3) is 3.19. The van der Waals surface area contributed by atoms with E-state index in [1.54, 1.807) is 0 Å². The summed E-state index contributed by atoms with van der Waals surface area (Å²) < 4.78 is 5.73. The standard InChI is InChI=1S/C14H15N3O2S2/c1-8-4-3-5-10(9(8)2)15-13-16-17-14(21-13)20-11-6-7-19-12(11)18/h3-5,11H,6-7H2,1-2H3,(H,15,16)/t11-/m1/s1. The lowest BCUT2D eigenvalue weighted by Gasteiger charge is -2.08. The summed E-state index contributed by atoms with van der Waals surface area (Å²) in [6.45, 7) is 4.65. The second-order valence-electron chi connectivity index (χ2n) is 4.81. The molecule has 0 aliphatic carbocycles. The Hall–Kier alpha value is -1.60. The zero-order chi connectivity index (χ0) is 14.8. The van der Waals surface area contributed by atoms with Gasteiger partial charge in [0.2, 0.25) is 5.13 Å². The Morgan fingerprint density at radius 1 is 1.38 bits per heavy atom. The number of esters is 1. The van der Waals surface area contributed by atoms with E-state index in [4.69, 9.17) is 4.74 Å². The first kappa shape index (κ1) is 14.3. The molecule has 1 N–H and O–H groups in total. The highest BCUT2D eigenvalue weighted by molar-refractivity contribution is 8.02. The lowest BCUT2D eigenvalue weighted by molar-refractivity contribution is -0.137. The first-order valence-corrected chi connectivity index (χ1v) is 8.33. The highest BCUT2D eigenvalue weighted by Crippen LogP contribution is 2.34. The van der Waals surface area contributed by atoms with Gasteiger partial charge in [-0.15, -0.1) is 10.2 Å². The maximum absolute atomic E-state index is 11.5. The third-order valence-electron chi connectivity index (χ3n) is 3.38. The Morgan fingerprint density at radius 2 is 2.24 bits per heavy atom. The van der Waals surface area contributed by atoms with Crippen molar-refractivity contribution in [2.75, 3.05) is 11.9 Å². The molecule has 0 radical (unpaired) electrons. The molecule has 5 nitrogen and oxygen atoms in total. The number of nitrogens with one attached hydrogen (secondary N) is 1. The molecule has 1 aromatic heterocycles. The molecule has 1 atom stereocenters. The average molecular weight is 321 g/mol. The number of anilines is 2. The second-order valence-corrected chi connectivity index (χ2v) is 7.24. The van der Waals surface area contributed by atoms with Crippen LogP contribution < -0.4 is 5.32 Å². The number of aromatic nitrogens is 2. The molecule has 1 aliphatic rings. The summed E-state index contributed by atoms with van der Waals surface area (Å²) in [6.07, 6.45) is 0.739. The fourth-order valence-electron chi connectivity index (χ4n) is 2.02. The summed E-state index contributed by atoms with van der Waals surface area (Å²) >= 11 is 2.88. The maximum Gasteiger partial charge on any atom is 0.319 e. The van der Waals surface area contributed by atoms with Gasteiger partial charge in [-0.1, -0.05) is 35.2 Å². The highest BCUT2D eigenvalue weighted by atomic mass is 32.2. The summed E-state index contributed by atoms with van der Waals surface area (Å²) in [5, 5.41) is 12.1. The number of aryl methyl sites for hydroxylation is 1. The van der Waals surface area contributed by atoms with Gasteiger partial charge >= 0.3 is 5.97 Å². The Labute approximate surface area is 131 Å². The van der Waals surface area contributed by atoms with Crippen LogP contribution in [-0.4, -0.2) is 28.0 Å². The molecule has 0 spiro atoms. The van der Waals surface area contributed by atoms with Gasteiger partial charge in [-0.3, -0.25) is 4.79 Å². The van der Waals surface area contributed by atoms with E-state index in [-0.39, 0.29) is 11.2 Å². The number of carbonyl (C=O) groups excluding carboxylic acids is 1. The van der Waals surface area contributed by atoms with Crippen molar-refractivity contribution in [3.8, 4) is 0 Å². The quantitative estimate of drug-likeness (QED) is 0.872. The van der Waals surface area contributed by atoms with E-state index in [0.717, 1.165) is 21.6 Å². The minimum atomic E-state index is -0.153. The van der Waals surface area contributed by atoms with Crippen LogP contribution in [0.4, 0.5) is 10.8 Å². The van der Waals surface area contributed by atoms with Gasteiger partial charge in [0.05, 0.1) is 6.61 Å². The fourth-order valence-corrected chi connectivity index (χ4v) is 3.99. The van der Waals surface area contributed by atoms with Gasteiger partial charge in [0, 0.05) is 12.1 Å². The number of carbonyl (C=O) groups is 1. The van der Waals surface area contributed by atoms with Crippen LogP contribution in [0.5, 0.6) is 0 Å². The normalized spacial score (nSPS) is 17.8. The topological polar surface area (TPSA) is 64.1 Å². The van der Waals surface area contributed by atoms with Crippen molar-refractivity contribution < 1.29 is 9.53 Å². The number of nitrogens with zero attached hydrogens (tertiary/aromatic N) is 2. The average Bonchev–Trinajstić information content (AvgIpc) is 3.06. The largest absolute Gasteiger partial charge is 0.465 e. The first-order chi connectivity index (χ1) is 10.1. The smallest absolute Gasteiger partial charge is 0.319 e. The molecule has 1 fully saturated rings. The number of ether oxygens (including phenoxy) is 1. The molecule has 21 heavy (non-hydrogen) atoms. The Balaban J connectivity index is 1.70. The lowest BCUT2D eigenvalue weighted by Crippen LogP contribution is -2.08. The summed E-state index contributed by atoms with van der Waals surface area (Å²) in [5.41, 5.74) is 3.46. The van der Waals surface area contributed by atoms with Gasteiger partial charge in [0.25, 0.3) is 0 Å². The molecule has 110 valence electrons. The van der Waals surface area contributed by atoms with Gasteiger partial charge in [0.1, 0.15) is 5.25 Å². The summed E-state index contributed by atoms with van der Waals surface area (Å²) in [7, 11) is 0. The van der Waals surface area contributed by atoms with Gasteiger partial charge in [-0.2, -0.15) is 0 Å². The monoisotopic (exact) mass is 321 g/mol. The van der Waals surface area contributed by atoms with Crippen molar-refractivity contribution in [3.05, 3.63) is 29.3 Å². The second kappa shape index (κ2) is 6.03. The van der Waals surface area contributed by atoms with Gasteiger partial charge < -0.3 is 10.1 Å². The molecule has 3 rings (SSSR count). The third-order valence-corrected chi connectivity index (χ3v) is 5.55. The lowest BCUT2D eigenvalue weighted by atomic mass is 10.1. The number of benzene rings is 1. The van der Waals surface area contributed by atoms with Gasteiger partial charge in [-0.25, -0.2) is 0 Å². The number of hydrogen-bond acceptors (Lipinski definition) is 7. The highest BCUT2D eigenvalue weighted by Gasteiger charge is 2.28. The van der Waals surface area contributed by atoms with Crippen LogP contribution in [0.3, 0.4) is 0 Å². The van der Waals surface area contributed by atoms with E-state index < -0.39 is 0 Å². The molecule has 0 unspecified atom stereocenters. The molecule has 1 aliphatic heterocycles. The number of thioether (sulfide) groups is 1. The molecule has 0 saturated carbocycles. The van der Waals surface area contributed by atoms with E-state index in [9.17, 15) is 4.79 Å². The first-order valence-electron chi connectivity index (χ1n) is 6.63. The van der Waals surface area contributed by atoms with Crippen LogP contribution >= 0.6 is 23.1 Å². The van der Waals surface area contributed by atoms with Crippen molar-refractivity contribution in [1.29, 1.82) is 0 Å². The zero-order valence-electron chi connectivity index (χ0n) is 11.8. The van der Waals surface area contributed by atoms with Crippen LogP contribution in [0.1, 0.15) is 17.5 Å². The molecule has 0 bridgehead atoms. The SMILES string of the molecule is Cc1cccc(Nc2nnc(S[C@@H]3CCOC3=O)s2)c1C. The van der Waals surface area contributed by atoms with E-state index in [1.165, 1.54) is 34.2 Å². The molecular formula is C14H15N3O2S2.